The maximum absolute atomic E-state index is 10.6. The van der Waals surface area contributed by atoms with Crippen LogP contribution in [0.15, 0.2) is 11.6 Å². The number of aliphatic hydroxyl groups is 2. The topological polar surface area (TPSA) is 40.5 Å². The molecule has 2 aliphatic rings. The van der Waals surface area contributed by atoms with Gasteiger partial charge in [0.2, 0.25) is 0 Å². The zero-order chi connectivity index (χ0) is 15.6. The molecule has 0 bridgehead atoms. The lowest BCUT2D eigenvalue weighted by Crippen LogP contribution is -2.43. The molecule has 2 N–H and O–H groups in total. The Kier molecular flexibility index (Phi) is 5.90. The summed E-state index contributed by atoms with van der Waals surface area (Å²) in [4.78, 5) is 0. The van der Waals surface area contributed by atoms with Gasteiger partial charge in [-0.25, -0.2) is 0 Å². The Bertz CT molecular complexity index is 353. The quantitative estimate of drug-likeness (QED) is 0.764. The molecule has 1 fully saturated rings. The van der Waals surface area contributed by atoms with Crippen LogP contribution in [-0.4, -0.2) is 22.4 Å². The van der Waals surface area contributed by atoms with Crippen molar-refractivity contribution in [3.8, 4) is 0 Å². The highest BCUT2D eigenvalue weighted by Crippen LogP contribution is 2.38. The van der Waals surface area contributed by atoms with Crippen molar-refractivity contribution >= 4 is 0 Å². The highest BCUT2D eigenvalue weighted by molar-refractivity contribution is 5.07. The summed E-state index contributed by atoms with van der Waals surface area (Å²) in [7, 11) is 0. The van der Waals surface area contributed by atoms with Gasteiger partial charge in [0.25, 0.3) is 0 Å². The lowest BCUT2D eigenvalue weighted by Gasteiger charge is -2.39. The number of hydrogen-bond acceptors (Lipinski definition) is 2. The third kappa shape index (κ3) is 4.10. The molecule has 21 heavy (non-hydrogen) atoms. The molecule has 122 valence electrons. The zero-order valence-electron chi connectivity index (χ0n) is 14.3. The molecule has 2 heteroatoms. The van der Waals surface area contributed by atoms with Crippen LogP contribution in [-0.2, 0) is 0 Å². The van der Waals surface area contributed by atoms with E-state index in [0.717, 1.165) is 37.5 Å². The average Bonchev–Trinajstić information content (AvgIpc) is 2.46. The van der Waals surface area contributed by atoms with Gasteiger partial charge < -0.3 is 10.2 Å². The van der Waals surface area contributed by atoms with Gasteiger partial charge in [-0.1, -0.05) is 32.4 Å². The third-order valence-corrected chi connectivity index (χ3v) is 6.13. The van der Waals surface area contributed by atoms with Crippen molar-refractivity contribution in [3.63, 3.8) is 0 Å². The molecular weight excluding hydrogens is 260 g/mol. The lowest BCUT2D eigenvalue weighted by molar-refractivity contribution is -0.0691. The monoisotopic (exact) mass is 294 g/mol. The fourth-order valence-electron chi connectivity index (χ4n) is 4.48. The molecule has 0 aromatic heterocycles. The van der Waals surface area contributed by atoms with Crippen LogP contribution in [0.25, 0.3) is 0 Å². The predicted molar refractivity (Wildman–Crippen MR) is 87.9 cm³/mol. The van der Waals surface area contributed by atoms with Crippen molar-refractivity contribution in [2.24, 2.45) is 29.6 Å². The molecular formula is C19H34O2. The van der Waals surface area contributed by atoms with E-state index in [2.05, 4.69) is 33.8 Å². The van der Waals surface area contributed by atoms with E-state index >= 15 is 0 Å². The van der Waals surface area contributed by atoms with E-state index in [4.69, 9.17) is 0 Å². The molecule has 2 rings (SSSR count). The molecule has 0 heterocycles. The smallest absolute Gasteiger partial charge is 0.0835 e. The molecule has 0 aliphatic heterocycles. The van der Waals surface area contributed by atoms with Gasteiger partial charge >= 0.3 is 0 Å². The van der Waals surface area contributed by atoms with Gasteiger partial charge in [0.15, 0.2) is 0 Å². The van der Waals surface area contributed by atoms with Gasteiger partial charge in [-0.15, -0.1) is 0 Å². The van der Waals surface area contributed by atoms with Crippen LogP contribution >= 0.6 is 0 Å². The summed E-state index contributed by atoms with van der Waals surface area (Å²) in [6, 6.07) is 0. The molecule has 1 saturated carbocycles. The number of aliphatic hydroxyl groups excluding tert-OH is 2. The van der Waals surface area contributed by atoms with E-state index in [-0.39, 0.29) is 5.92 Å². The summed E-state index contributed by atoms with van der Waals surface area (Å²) in [6.07, 6.45) is 7.87. The third-order valence-electron chi connectivity index (χ3n) is 6.13. The summed E-state index contributed by atoms with van der Waals surface area (Å²) >= 11 is 0. The van der Waals surface area contributed by atoms with Gasteiger partial charge in [-0.3, -0.25) is 0 Å². The Balaban J connectivity index is 1.90. The number of hydrogen-bond donors (Lipinski definition) is 2. The van der Waals surface area contributed by atoms with Crippen molar-refractivity contribution < 1.29 is 10.2 Å². The Labute approximate surface area is 130 Å². The van der Waals surface area contributed by atoms with Crippen molar-refractivity contribution in [2.75, 3.05) is 0 Å². The molecule has 4 unspecified atom stereocenters. The van der Waals surface area contributed by atoms with Crippen LogP contribution < -0.4 is 0 Å². The van der Waals surface area contributed by atoms with E-state index in [1.807, 2.05) is 0 Å². The molecule has 0 amide bonds. The summed E-state index contributed by atoms with van der Waals surface area (Å²) < 4.78 is 0. The maximum Gasteiger partial charge on any atom is 0.0835 e. The SMILES string of the molecule is CC1=CC(C)C(C(O)C(O)C2CCC(C(C)C)CC2)CC1. The minimum Gasteiger partial charge on any atom is -0.390 e. The zero-order valence-corrected chi connectivity index (χ0v) is 14.3. The minimum absolute atomic E-state index is 0.228. The summed E-state index contributed by atoms with van der Waals surface area (Å²) in [5.74, 6) is 2.47. The fourth-order valence-corrected chi connectivity index (χ4v) is 4.48. The van der Waals surface area contributed by atoms with Crippen LogP contribution in [0.5, 0.6) is 0 Å². The molecule has 0 radical (unpaired) electrons. The van der Waals surface area contributed by atoms with Crippen LogP contribution in [0.3, 0.4) is 0 Å². The second-order valence-electron chi connectivity index (χ2n) is 7.97. The van der Waals surface area contributed by atoms with E-state index in [9.17, 15) is 10.2 Å². The second-order valence-corrected chi connectivity index (χ2v) is 7.97. The molecule has 4 atom stereocenters. The summed E-state index contributed by atoms with van der Waals surface area (Å²) in [6.45, 7) is 8.95. The first-order valence-corrected chi connectivity index (χ1v) is 8.93. The molecule has 0 spiro atoms. The van der Waals surface area contributed by atoms with Crippen molar-refractivity contribution in [1.29, 1.82) is 0 Å². The highest BCUT2D eigenvalue weighted by Gasteiger charge is 2.37. The molecule has 0 saturated heterocycles. The molecule has 0 aromatic carbocycles. The van der Waals surface area contributed by atoms with Crippen LogP contribution in [0.1, 0.15) is 66.2 Å². The van der Waals surface area contributed by atoms with Gasteiger partial charge in [-0.2, -0.15) is 0 Å². The first kappa shape index (κ1) is 17.0. The van der Waals surface area contributed by atoms with Crippen LogP contribution in [0, 0.1) is 29.6 Å². The van der Waals surface area contributed by atoms with Crippen LogP contribution in [0.2, 0.25) is 0 Å². The minimum atomic E-state index is -0.551. The van der Waals surface area contributed by atoms with Crippen LogP contribution in [0.4, 0.5) is 0 Å². The normalized spacial score (nSPS) is 37.2. The summed E-state index contributed by atoms with van der Waals surface area (Å²) in [5.41, 5.74) is 1.43. The lowest BCUT2D eigenvalue weighted by atomic mass is 9.70. The Morgan fingerprint density at radius 3 is 2.05 bits per heavy atom. The first-order chi connectivity index (χ1) is 9.90. The second kappa shape index (κ2) is 7.28. The van der Waals surface area contributed by atoms with Gasteiger partial charge in [0.05, 0.1) is 12.2 Å². The molecule has 0 aromatic rings. The van der Waals surface area contributed by atoms with Gasteiger partial charge in [-0.05, 0) is 75.0 Å². The molecule has 2 nitrogen and oxygen atoms in total. The largest absolute Gasteiger partial charge is 0.390 e. The van der Waals surface area contributed by atoms with Gasteiger partial charge in [0.1, 0.15) is 0 Å². The Morgan fingerprint density at radius 1 is 0.952 bits per heavy atom. The first-order valence-electron chi connectivity index (χ1n) is 8.93. The highest BCUT2D eigenvalue weighted by atomic mass is 16.3. The molecule has 2 aliphatic carbocycles. The van der Waals surface area contributed by atoms with E-state index < -0.39 is 12.2 Å². The maximum atomic E-state index is 10.6. The van der Waals surface area contributed by atoms with E-state index in [1.165, 1.54) is 18.4 Å². The Hall–Kier alpha value is -0.340. The van der Waals surface area contributed by atoms with Crippen molar-refractivity contribution in [1.82, 2.24) is 0 Å². The van der Waals surface area contributed by atoms with Crippen molar-refractivity contribution in [3.05, 3.63) is 11.6 Å². The Morgan fingerprint density at radius 2 is 1.52 bits per heavy atom. The fraction of sp³-hybridized carbons (Fsp3) is 0.895. The number of allylic oxidation sites excluding steroid dienone is 2. The van der Waals surface area contributed by atoms with E-state index in [0.29, 0.717) is 11.8 Å². The number of rotatable bonds is 4. The van der Waals surface area contributed by atoms with E-state index in [1.54, 1.807) is 0 Å². The van der Waals surface area contributed by atoms with Crippen molar-refractivity contribution in [2.45, 2.75) is 78.4 Å². The average molecular weight is 294 g/mol. The predicted octanol–water partition coefficient (Wildman–Crippen LogP) is 4.16. The van der Waals surface area contributed by atoms with Gasteiger partial charge in [0, 0.05) is 0 Å². The standard InChI is InChI=1S/C19H34O2/c1-12(2)15-6-8-16(9-7-15)18(20)19(21)17-10-5-13(3)11-14(17)4/h11-12,14-21H,5-10H2,1-4H3. The summed E-state index contributed by atoms with van der Waals surface area (Å²) in [5, 5.41) is 21.3.